The van der Waals surface area contributed by atoms with Crippen molar-refractivity contribution >= 4 is 17.2 Å². The van der Waals surface area contributed by atoms with Crippen LogP contribution in [0.4, 0.5) is 0 Å². The summed E-state index contributed by atoms with van der Waals surface area (Å²) in [5, 5.41) is 3.89. The first-order chi connectivity index (χ1) is 8.65. The van der Waals surface area contributed by atoms with Crippen LogP contribution in [-0.4, -0.2) is 17.4 Å². The van der Waals surface area contributed by atoms with E-state index < -0.39 is 0 Å². The van der Waals surface area contributed by atoms with E-state index in [2.05, 4.69) is 24.1 Å². The number of nitrogens with one attached hydrogen (secondary N) is 1. The van der Waals surface area contributed by atoms with Crippen molar-refractivity contribution in [2.45, 2.75) is 46.1 Å². The molecule has 0 saturated heterocycles. The highest BCUT2D eigenvalue weighted by Gasteiger charge is 2.07. The van der Waals surface area contributed by atoms with E-state index in [4.69, 9.17) is 5.73 Å². The Hall–Kier alpha value is -0.940. The van der Waals surface area contributed by atoms with Gasteiger partial charge >= 0.3 is 0 Å². The van der Waals surface area contributed by atoms with Gasteiger partial charge in [0.25, 0.3) is 0 Å². The summed E-state index contributed by atoms with van der Waals surface area (Å²) < 4.78 is 0. The third-order valence-electron chi connectivity index (χ3n) is 2.91. The molecular weight excluding hydrogens is 246 g/mol. The maximum Gasteiger partial charge on any atom is 0.220 e. The first-order valence-corrected chi connectivity index (χ1v) is 7.37. The second-order valence-corrected chi connectivity index (χ2v) is 5.77. The van der Waals surface area contributed by atoms with Gasteiger partial charge in [-0.05, 0) is 31.7 Å². The lowest BCUT2D eigenvalue weighted by molar-refractivity contribution is -0.121. The Morgan fingerprint density at radius 3 is 2.94 bits per heavy atom. The van der Waals surface area contributed by atoms with Crippen molar-refractivity contribution in [2.24, 2.45) is 11.7 Å². The predicted molar refractivity (Wildman–Crippen MR) is 75.4 cm³/mol. The molecule has 0 spiro atoms. The first-order valence-electron chi connectivity index (χ1n) is 6.56. The molecule has 0 aromatic carbocycles. The molecule has 0 aliphatic carbocycles. The van der Waals surface area contributed by atoms with E-state index in [1.165, 1.54) is 4.88 Å². The summed E-state index contributed by atoms with van der Waals surface area (Å²) in [6.45, 7) is 5.49. The number of nitrogens with zero attached hydrogens (tertiary/aromatic N) is 1. The number of aromatic nitrogens is 1. The fourth-order valence-corrected chi connectivity index (χ4v) is 2.46. The second-order valence-electron chi connectivity index (χ2n) is 4.57. The van der Waals surface area contributed by atoms with Crippen molar-refractivity contribution in [3.05, 3.63) is 16.1 Å². The van der Waals surface area contributed by atoms with Gasteiger partial charge in [0.05, 0.1) is 6.54 Å². The summed E-state index contributed by atoms with van der Waals surface area (Å²) in [6.07, 6.45) is 5.35. The van der Waals surface area contributed by atoms with Gasteiger partial charge in [-0.15, -0.1) is 11.3 Å². The van der Waals surface area contributed by atoms with Crippen molar-refractivity contribution in [3.8, 4) is 0 Å². The normalized spacial score (nSPS) is 12.4. The van der Waals surface area contributed by atoms with Gasteiger partial charge in [0.1, 0.15) is 5.01 Å². The maximum absolute atomic E-state index is 11.6. The zero-order valence-corrected chi connectivity index (χ0v) is 12.1. The lowest BCUT2D eigenvalue weighted by Gasteiger charge is -2.09. The zero-order chi connectivity index (χ0) is 13.4. The molecule has 3 N–H and O–H groups in total. The summed E-state index contributed by atoms with van der Waals surface area (Å²) in [6, 6.07) is 0. The number of thiazole rings is 1. The van der Waals surface area contributed by atoms with Gasteiger partial charge in [0, 0.05) is 17.5 Å². The molecule has 1 unspecified atom stereocenters. The van der Waals surface area contributed by atoms with E-state index in [9.17, 15) is 4.79 Å². The summed E-state index contributed by atoms with van der Waals surface area (Å²) in [7, 11) is 0. The number of carbonyl (C=O) groups excluding carboxylic acids is 1. The molecular formula is C13H23N3OS. The van der Waals surface area contributed by atoms with Gasteiger partial charge < -0.3 is 11.1 Å². The highest BCUT2D eigenvalue weighted by Crippen LogP contribution is 2.13. The SMILES string of the molecule is CCc1cnc(CNC(=O)CCC(C)CCN)s1. The monoisotopic (exact) mass is 269 g/mol. The summed E-state index contributed by atoms with van der Waals surface area (Å²) in [5.74, 6) is 0.624. The average molecular weight is 269 g/mol. The Morgan fingerprint density at radius 1 is 1.56 bits per heavy atom. The third-order valence-corrected chi connectivity index (χ3v) is 4.05. The van der Waals surface area contributed by atoms with E-state index in [1.54, 1.807) is 11.3 Å². The lowest BCUT2D eigenvalue weighted by Crippen LogP contribution is -2.23. The minimum atomic E-state index is 0.104. The number of rotatable bonds is 8. The Balaban J connectivity index is 2.20. The summed E-state index contributed by atoms with van der Waals surface area (Å²) >= 11 is 1.67. The molecule has 0 aliphatic heterocycles. The van der Waals surface area contributed by atoms with E-state index >= 15 is 0 Å². The standard InChI is InChI=1S/C13H23N3OS/c1-3-11-8-16-13(18-11)9-15-12(17)5-4-10(2)6-7-14/h8,10H,3-7,9,14H2,1-2H3,(H,15,17). The minimum absolute atomic E-state index is 0.104. The molecule has 1 aromatic rings. The van der Waals surface area contributed by atoms with E-state index in [0.29, 0.717) is 25.4 Å². The second kappa shape index (κ2) is 8.21. The first kappa shape index (κ1) is 15.1. The van der Waals surface area contributed by atoms with Crippen LogP contribution in [0.5, 0.6) is 0 Å². The van der Waals surface area contributed by atoms with Crippen LogP contribution in [0.25, 0.3) is 0 Å². The minimum Gasteiger partial charge on any atom is -0.350 e. The topological polar surface area (TPSA) is 68.0 Å². The maximum atomic E-state index is 11.6. The smallest absolute Gasteiger partial charge is 0.220 e. The molecule has 4 nitrogen and oxygen atoms in total. The number of hydrogen-bond donors (Lipinski definition) is 2. The van der Waals surface area contributed by atoms with Crippen LogP contribution in [0.3, 0.4) is 0 Å². The van der Waals surface area contributed by atoms with Crippen molar-refractivity contribution in [1.82, 2.24) is 10.3 Å². The summed E-state index contributed by atoms with van der Waals surface area (Å²) in [4.78, 5) is 17.2. The molecule has 0 bridgehead atoms. The zero-order valence-electron chi connectivity index (χ0n) is 11.2. The highest BCUT2D eigenvalue weighted by molar-refractivity contribution is 7.11. The molecule has 1 rings (SSSR count). The number of amides is 1. The molecule has 0 fully saturated rings. The Labute approximate surface area is 113 Å². The molecule has 0 aliphatic rings. The molecule has 102 valence electrons. The van der Waals surface area contributed by atoms with Gasteiger partial charge in [-0.25, -0.2) is 4.98 Å². The van der Waals surface area contributed by atoms with Crippen LogP contribution in [0, 0.1) is 5.92 Å². The van der Waals surface area contributed by atoms with E-state index in [0.717, 1.165) is 24.3 Å². The number of aryl methyl sites for hydroxylation is 1. The van der Waals surface area contributed by atoms with Gasteiger partial charge in [-0.1, -0.05) is 13.8 Å². The number of nitrogens with two attached hydrogens (primary N) is 1. The quantitative estimate of drug-likeness (QED) is 0.759. The van der Waals surface area contributed by atoms with Crippen LogP contribution < -0.4 is 11.1 Å². The third kappa shape index (κ3) is 5.60. The largest absolute Gasteiger partial charge is 0.350 e. The van der Waals surface area contributed by atoms with Gasteiger partial charge in [-0.2, -0.15) is 0 Å². The number of carbonyl (C=O) groups is 1. The van der Waals surface area contributed by atoms with Crippen LogP contribution >= 0.6 is 11.3 Å². The Morgan fingerprint density at radius 2 is 2.33 bits per heavy atom. The molecule has 0 radical (unpaired) electrons. The number of hydrogen-bond acceptors (Lipinski definition) is 4. The Kier molecular flexibility index (Phi) is 6.90. The molecule has 18 heavy (non-hydrogen) atoms. The fourth-order valence-electron chi connectivity index (χ4n) is 1.66. The molecule has 0 saturated carbocycles. The van der Waals surface area contributed by atoms with Crippen molar-refractivity contribution in [3.63, 3.8) is 0 Å². The highest BCUT2D eigenvalue weighted by atomic mass is 32.1. The van der Waals surface area contributed by atoms with Crippen LogP contribution in [0.15, 0.2) is 6.20 Å². The van der Waals surface area contributed by atoms with Gasteiger partial charge in [0.2, 0.25) is 5.91 Å². The average Bonchev–Trinajstić information content (AvgIpc) is 2.82. The molecule has 5 heteroatoms. The van der Waals surface area contributed by atoms with Gasteiger partial charge in [-0.3, -0.25) is 4.79 Å². The lowest BCUT2D eigenvalue weighted by atomic mass is 10.0. The van der Waals surface area contributed by atoms with Crippen LogP contribution in [0.2, 0.25) is 0 Å². The molecule has 1 aromatic heterocycles. The predicted octanol–water partition coefficient (Wildman–Crippen LogP) is 2.09. The van der Waals surface area contributed by atoms with E-state index in [1.807, 2.05) is 6.20 Å². The van der Waals surface area contributed by atoms with E-state index in [-0.39, 0.29) is 5.91 Å². The van der Waals surface area contributed by atoms with Crippen LogP contribution in [0.1, 0.15) is 43.0 Å². The van der Waals surface area contributed by atoms with Crippen molar-refractivity contribution in [1.29, 1.82) is 0 Å². The van der Waals surface area contributed by atoms with Crippen LogP contribution in [-0.2, 0) is 17.8 Å². The van der Waals surface area contributed by atoms with Crippen molar-refractivity contribution < 1.29 is 4.79 Å². The summed E-state index contributed by atoms with van der Waals surface area (Å²) in [5.41, 5.74) is 5.48. The Bertz CT molecular complexity index is 365. The molecule has 1 heterocycles. The van der Waals surface area contributed by atoms with Gasteiger partial charge in [0.15, 0.2) is 0 Å². The molecule has 1 atom stereocenters. The molecule has 1 amide bonds. The van der Waals surface area contributed by atoms with Crippen molar-refractivity contribution in [2.75, 3.05) is 6.54 Å². The fraction of sp³-hybridized carbons (Fsp3) is 0.692.